The van der Waals surface area contributed by atoms with E-state index in [4.69, 9.17) is 0 Å². The van der Waals surface area contributed by atoms with Crippen LogP contribution in [-0.2, 0) is 6.42 Å². The summed E-state index contributed by atoms with van der Waals surface area (Å²) in [5.41, 5.74) is 2.51. The summed E-state index contributed by atoms with van der Waals surface area (Å²) in [6.07, 6.45) is 0.851. The number of aromatic amines is 1. The van der Waals surface area contributed by atoms with Gasteiger partial charge in [0.25, 0.3) is 0 Å². The lowest BCUT2D eigenvalue weighted by molar-refractivity contribution is 0.629. The average molecular weight is 276 g/mol. The zero-order valence-electron chi connectivity index (χ0n) is 10.4. The van der Waals surface area contributed by atoms with Gasteiger partial charge in [-0.15, -0.1) is 11.3 Å². The van der Waals surface area contributed by atoms with E-state index in [1.54, 1.807) is 17.4 Å². The second-order valence-electron chi connectivity index (χ2n) is 4.31. The van der Waals surface area contributed by atoms with Crippen molar-refractivity contribution in [2.75, 3.05) is 11.9 Å². The lowest BCUT2D eigenvalue weighted by Gasteiger charge is -1.99. The molecule has 2 heterocycles. The number of H-pyrrole nitrogens is 1. The molecule has 0 saturated heterocycles. The van der Waals surface area contributed by atoms with Crippen molar-refractivity contribution < 1.29 is 4.39 Å². The van der Waals surface area contributed by atoms with Gasteiger partial charge in [0.05, 0.1) is 16.0 Å². The molecule has 0 fully saturated rings. The number of aryl methyl sites for hydroxylation is 1. The summed E-state index contributed by atoms with van der Waals surface area (Å²) in [7, 11) is 0. The van der Waals surface area contributed by atoms with Crippen LogP contribution in [0.4, 0.5) is 10.3 Å². The molecule has 0 aliphatic rings. The summed E-state index contributed by atoms with van der Waals surface area (Å²) in [6.45, 7) is 2.73. The molecule has 0 aliphatic heterocycles. The number of anilines is 1. The van der Waals surface area contributed by atoms with E-state index in [2.05, 4.69) is 20.3 Å². The van der Waals surface area contributed by atoms with E-state index in [0.717, 1.165) is 29.2 Å². The van der Waals surface area contributed by atoms with Crippen LogP contribution in [0.2, 0.25) is 0 Å². The third-order valence-corrected chi connectivity index (χ3v) is 3.77. The molecular weight excluding hydrogens is 263 g/mol. The molecule has 3 rings (SSSR count). The fourth-order valence-electron chi connectivity index (χ4n) is 1.87. The Balaban J connectivity index is 1.65. The molecule has 0 unspecified atom stereocenters. The molecule has 19 heavy (non-hydrogen) atoms. The number of nitrogens with zero attached hydrogens (tertiary/aromatic N) is 2. The Morgan fingerprint density at radius 2 is 2.26 bits per heavy atom. The van der Waals surface area contributed by atoms with E-state index in [1.807, 2.05) is 12.3 Å². The summed E-state index contributed by atoms with van der Waals surface area (Å²) < 4.78 is 13.0. The number of fused-ring (bicyclic) bond motifs is 1. The van der Waals surface area contributed by atoms with Gasteiger partial charge in [-0.25, -0.2) is 14.4 Å². The van der Waals surface area contributed by atoms with Gasteiger partial charge in [0.2, 0.25) is 5.95 Å². The van der Waals surface area contributed by atoms with E-state index in [1.165, 1.54) is 12.1 Å². The lowest BCUT2D eigenvalue weighted by atomic mass is 10.3. The number of imidazole rings is 1. The molecule has 0 spiro atoms. The van der Waals surface area contributed by atoms with Crippen LogP contribution in [0.1, 0.15) is 10.7 Å². The number of nitrogens with one attached hydrogen (secondary N) is 2. The summed E-state index contributed by atoms with van der Waals surface area (Å²) in [5, 5.41) is 6.33. The first-order valence-electron chi connectivity index (χ1n) is 6.01. The minimum atomic E-state index is -0.263. The van der Waals surface area contributed by atoms with Gasteiger partial charge in [-0.1, -0.05) is 0 Å². The first-order valence-corrected chi connectivity index (χ1v) is 6.89. The molecule has 4 nitrogen and oxygen atoms in total. The highest BCUT2D eigenvalue weighted by Gasteiger charge is 2.04. The molecule has 2 aromatic heterocycles. The van der Waals surface area contributed by atoms with Crippen LogP contribution in [0.15, 0.2) is 23.6 Å². The molecule has 0 atom stereocenters. The predicted octanol–water partition coefficient (Wildman–Crippen LogP) is 3.12. The zero-order valence-corrected chi connectivity index (χ0v) is 11.2. The van der Waals surface area contributed by atoms with E-state index < -0.39 is 0 Å². The highest BCUT2D eigenvalue weighted by Crippen LogP contribution is 2.15. The van der Waals surface area contributed by atoms with Crippen LogP contribution >= 0.6 is 11.3 Å². The van der Waals surface area contributed by atoms with Crippen LogP contribution in [0.3, 0.4) is 0 Å². The van der Waals surface area contributed by atoms with Crippen LogP contribution < -0.4 is 5.32 Å². The number of hydrogen-bond acceptors (Lipinski definition) is 4. The van der Waals surface area contributed by atoms with Gasteiger partial charge in [-0.05, 0) is 25.1 Å². The second-order valence-corrected chi connectivity index (χ2v) is 5.25. The van der Waals surface area contributed by atoms with Gasteiger partial charge >= 0.3 is 0 Å². The van der Waals surface area contributed by atoms with Crippen molar-refractivity contribution in [2.24, 2.45) is 0 Å². The number of halogens is 1. The van der Waals surface area contributed by atoms with Gasteiger partial charge in [-0.2, -0.15) is 0 Å². The monoisotopic (exact) mass is 276 g/mol. The van der Waals surface area contributed by atoms with Crippen molar-refractivity contribution in [2.45, 2.75) is 13.3 Å². The molecule has 2 N–H and O–H groups in total. The predicted molar refractivity (Wildman–Crippen MR) is 75.1 cm³/mol. The first-order chi connectivity index (χ1) is 9.20. The first kappa shape index (κ1) is 12.1. The van der Waals surface area contributed by atoms with E-state index >= 15 is 0 Å². The minimum absolute atomic E-state index is 0.263. The maximum absolute atomic E-state index is 13.0. The zero-order chi connectivity index (χ0) is 13.2. The molecule has 6 heteroatoms. The highest BCUT2D eigenvalue weighted by molar-refractivity contribution is 7.09. The number of benzene rings is 1. The van der Waals surface area contributed by atoms with Crippen LogP contribution in [0.5, 0.6) is 0 Å². The minimum Gasteiger partial charge on any atom is -0.355 e. The van der Waals surface area contributed by atoms with Crippen molar-refractivity contribution in [1.29, 1.82) is 0 Å². The molecule has 0 amide bonds. The molecule has 1 aromatic carbocycles. The third kappa shape index (κ3) is 2.73. The van der Waals surface area contributed by atoms with Gasteiger partial charge in [0.15, 0.2) is 0 Å². The fourth-order valence-corrected chi connectivity index (χ4v) is 2.65. The number of rotatable bonds is 4. The Morgan fingerprint density at radius 1 is 1.37 bits per heavy atom. The Kier molecular flexibility index (Phi) is 3.16. The lowest BCUT2D eigenvalue weighted by Crippen LogP contribution is -2.05. The topological polar surface area (TPSA) is 53.6 Å². The molecule has 3 aromatic rings. The smallest absolute Gasteiger partial charge is 0.201 e. The van der Waals surface area contributed by atoms with Gasteiger partial charge in [0.1, 0.15) is 5.82 Å². The van der Waals surface area contributed by atoms with Crippen LogP contribution in [0, 0.1) is 12.7 Å². The SMILES string of the molecule is Cc1csc(CCNc2nc3ccc(F)cc3[nH]2)n1. The second kappa shape index (κ2) is 4.97. The Bertz CT molecular complexity index is 704. The number of aromatic nitrogens is 3. The average Bonchev–Trinajstić information content (AvgIpc) is 2.95. The largest absolute Gasteiger partial charge is 0.355 e. The maximum atomic E-state index is 13.0. The van der Waals surface area contributed by atoms with Crippen LogP contribution in [-0.4, -0.2) is 21.5 Å². The number of thiazole rings is 1. The molecule has 0 aliphatic carbocycles. The van der Waals surface area contributed by atoms with Gasteiger partial charge in [0, 0.05) is 24.0 Å². The van der Waals surface area contributed by atoms with Crippen molar-refractivity contribution in [3.8, 4) is 0 Å². The normalized spacial score (nSPS) is 11.1. The van der Waals surface area contributed by atoms with Gasteiger partial charge < -0.3 is 10.3 Å². The summed E-state index contributed by atoms with van der Waals surface area (Å²) in [6, 6.07) is 4.51. The molecule has 98 valence electrons. The van der Waals surface area contributed by atoms with Gasteiger partial charge in [-0.3, -0.25) is 0 Å². The Hall–Kier alpha value is -1.95. The summed E-state index contributed by atoms with van der Waals surface area (Å²) in [4.78, 5) is 11.8. The number of hydrogen-bond donors (Lipinski definition) is 2. The summed E-state index contributed by atoms with van der Waals surface area (Å²) >= 11 is 1.66. The molecule has 0 radical (unpaired) electrons. The maximum Gasteiger partial charge on any atom is 0.201 e. The highest BCUT2D eigenvalue weighted by atomic mass is 32.1. The summed E-state index contributed by atoms with van der Waals surface area (Å²) in [5.74, 6) is 0.398. The van der Waals surface area contributed by atoms with Crippen molar-refractivity contribution in [3.63, 3.8) is 0 Å². The van der Waals surface area contributed by atoms with E-state index in [0.29, 0.717) is 11.5 Å². The standard InChI is InChI=1S/C13H13FN4S/c1-8-7-19-12(16-8)4-5-15-13-17-10-3-2-9(14)6-11(10)18-13/h2-3,6-7H,4-5H2,1H3,(H2,15,17,18). The molecule has 0 saturated carbocycles. The fraction of sp³-hybridized carbons (Fsp3) is 0.231. The van der Waals surface area contributed by atoms with E-state index in [-0.39, 0.29) is 5.82 Å². The molecular formula is C13H13FN4S. The molecule has 0 bridgehead atoms. The third-order valence-electron chi connectivity index (χ3n) is 2.74. The Morgan fingerprint density at radius 3 is 3.05 bits per heavy atom. The van der Waals surface area contributed by atoms with E-state index in [9.17, 15) is 4.39 Å². The van der Waals surface area contributed by atoms with Crippen LogP contribution in [0.25, 0.3) is 11.0 Å². The van der Waals surface area contributed by atoms with Crippen molar-refractivity contribution in [1.82, 2.24) is 15.0 Å². The van der Waals surface area contributed by atoms with Crippen molar-refractivity contribution in [3.05, 3.63) is 40.1 Å². The quantitative estimate of drug-likeness (QED) is 0.769. The Labute approximate surface area is 113 Å². The van der Waals surface area contributed by atoms with Crippen molar-refractivity contribution >= 4 is 28.3 Å².